The average Bonchev–Trinajstić information content (AvgIpc) is 2.77. The molecular formula is C25H33N3O3. The van der Waals surface area contributed by atoms with Gasteiger partial charge < -0.3 is 20.3 Å². The maximum Gasteiger partial charge on any atom is 0.253 e. The van der Waals surface area contributed by atoms with Gasteiger partial charge in [0, 0.05) is 30.0 Å². The Morgan fingerprint density at radius 3 is 2.29 bits per heavy atom. The van der Waals surface area contributed by atoms with Crippen molar-refractivity contribution in [2.24, 2.45) is 0 Å². The molecular weight excluding hydrogens is 390 g/mol. The van der Waals surface area contributed by atoms with Crippen molar-refractivity contribution in [1.82, 2.24) is 4.90 Å². The van der Waals surface area contributed by atoms with Crippen LogP contribution in [0.15, 0.2) is 60.7 Å². The topological polar surface area (TPSA) is 70.7 Å². The largest absolute Gasteiger partial charge is 0.489 e. The van der Waals surface area contributed by atoms with Crippen molar-refractivity contribution >= 4 is 23.2 Å². The van der Waals surface area contributed by atoms with Crippen molar-refractivity contribution < 1.29 is 14.3 Å². The van der Waals surface area contributed by atoms with Gasteiger partial charge in [-0.15, -0.1) is 0 Å². The predicted molar refractivity (Wildman–Crippen MR) is 127 cm³/mol. The van der Waals surface area contributed by atoms with Crippen molar-refractivity contribution in [2.75, 3.05) is 36.9 Å². The fourth-order valence-electron chi connectivity index (χ4n) is 3.03. The number of benzene rings is 2. The molecule has 31 heavy (non-hydrogen) atoms. The van der Waals surface area contributed by atoms with E-state index in [2.05, 4.69) is 31.1 Å². The van der Waals surface area contributed by atoms with Gasteiger partial charge in [-0.25, -0.2) is 0 Å². The van der Waals surface area contributed by atoms with E-state index in [0.29, 0.717) is 17.9 Å². The highest BCUT2D eigenvalue weighted by molar-refractivity contribution is 5.96. The molecule has 2 aromatic rings. The lowest BCUT2D eigenvalue weighted by Crippen LogP contribution is -2.32. The van der Waals surface area contributed by atoms with E-state index in [1.54, 1.807) is 30.3 Å². The van der Waals surface area contributed by atoms with Gasteiger partial charge in [0.2, 0.25) is 5.91 Å². The standard InChI is InChI=1S/C25H33N3O3/c1-5-14-28(15-6-2)25(30)20-8-7-9-22(16-20)26-17-24(29)27-21-10-12-23(13-11-21)31-18-19(3)4/h7-13,16,26H,3,5-6,14-15,17-18H2,1-2,4H3,(H,27,29). The van der Waals surface area contributed by atoms with E-state index in [1.165, 1.54) is 0 Å². The molecule has 2 N–H and O–H groups in total. The molecule has 166 valence electrons. The highest BCUT2D eigenvalue weighted by atomic mass is 16.5. The first kappa shape index (κ1) is 24.0. The lowest BCUT2D eigenvalue weighted by Gasteiger charge is -2.21. The highest BCUT2D eigenvalue weighted by Gasteiger charge is 2.14. The quantitative estimate of drug-likeness (QED) is 0.474. The van der Waals surface area contributed by atoms with Gasteiger partial charge in [0.1, 0.15) is 12.4 Å². The Labute approximate surface area is 185 Å². The maximum absolute atomic E-state index is 12.8. The van der Waals surface area contributed by atoms with Gasteiger partial charge in [-0.1, -0.05) is 26.5 Å². The van der Waals surface area contributed by atoms with E-state index in [0.717, 1.165) is 42.9 Å². The molecule has 0 aliphatic carbocycles. The van der Waals surface area contributed by atoms with Gasteiger partial charge in [0.25, 0.3) is 5.91 Å². The van der Waals surface area contributed by atoms with Crippen LogP contribution in [0.25, 0.3) is 0 Å². The summed E-state index contributed by atoms with van der Waals surface area (Å²) in [5.74, 6) is 0.567. The molecule has 2 rings (SSSR count). The Kier molecular flexibility index (Phi) is 9.62. The van der Waals surface area contributed by atoms with E-state index < -0.39 is 0 Å². The summed E-state index contributed by atoms with van der Waals surface area (Å²) < 4.78 is 5.55. The second-order valence-electron chi connectivity index (χ2n) is 7.54. The van der Waals surface area contributed by atoms with Crippen LogP contribution in [0.3, 0.4) is 0 Å². The minimum atomic E-state index is -0.175. The Bertz CT molecular complexity index is 872. The van der Waals surface area contributed by atoms with E-state index in [4.69, 9.17) is 4.74 Å². The number of rotatable bonds is 12. The van der Waals surface area contributed by atoms with Crippen LogP contribution in [0, 0.1) is 0 Å². The van der Waals surface area contributed by atoms with Crippen molar-refractivity contribution in [3.8, 4) is 5.75 Å². The number of carbonyl (C=O) groups is 2. The van der Waals surface area contributed by atoms with Gasteiger partial charge in [-0.05, 0) is 67.8 Å². The van der Waals surface area contributed by atoms with Crippen molar-refractivity contribution in [2.45, 2.75) is 33.6 Å². The number of anilines is 2. The molecule has 0 saturated carbocycles. The van der Waals surface area contributed by atoms with Crippen LogP contribution in [0.4, 0.5) is 11.4 Å². The summed E-state index contributed by atoms with van der Waals surface area (Å²) in [6, 6.07) is 14.5. The molecule has 0 spiro atoms. The minimum Gasteiger partial charge on any atom is -0.489 e. The van der Waals surface area contributed by atoms with Crippen LogP contribution in [0.1, 0.15) is 44.0 Å². The SMILES string of the molecule is C=C(C)COc1ccc(NC(=O)CNc2cccc(C(=O)N(CCC)CCC)c2)cc1. The molecule has 0 heterocycles. The molecule has 2 aromatic carbocycles. The third kappa shape index (κ3) is 8.16. The lowest BCUT2D eigenvalue weighted by molar-refractivity contribution is -0.114. The molecule has 6 nitrogen and oxygen atoms in total. The first-order valence-corrected chi connectivity index (χ1v) is 10.7. The van der Waals surface area contributed by atoms with Gasteiger partial charge in [0.15, 0.2) is 0 Å². The summed E-state index contributed by atoms with van der Waals surface area (Å²) in [4.78, 5) is 26.9. The Morgan fingerprint density at radius 2 is 1.68 bits per heavy atom. The van der Waals surface area contributed by atoms with Crippen molar-refractivity contribution in [3.05, 3.63) is 66.2 Å². The van der Waals surface area contributed by atoms with Gasteiger partial charge in [0.05, 0.1) is 6.54 Å². The Morgan fingerprint density at radius 1 is 1.00 bits per heavy atom. The van der Waals surface area contributed by atoms with E-state index in [9.17, 15) is 9.59 Å². The molecule has 0 aliphatic heterocycles. The molecule has 0 aromatic heterocycles. The van der Waals surface area contributed by atoms with Gasteiger partial charge in [-0.3, -0.25) is 9.59 Å². The first-order chi connectivity index (χ1) is 14.9. The van der Waals surface area contributed by atoms with E-state index in [1.807, 2.05) is 30.0 Å². The monoisotopic (exact) mass is 423 g/mol. The summed E-state index contributed by atoms with van der Waals surface area (Å²) in [5.41, 5.74) is 2.99. The summed E-state index contributed by atoms with van der Waals surface area (Å²) in [7, 11) is 0. The van der Waals surface area contributed by atoms with Crippen LogP contribution in [-0.2, 0) is 4.79 Å². The molecule has 2 amide bonds. The van der Waals surface area contributed by atoms with Crippen LogP contribution < -0.4 is 15.4 Å². The number of nitrogens with one attached hydrogen (secondary N) is 2. The third-order valence-corrected chi connectivity index (χ3v) is 4.46. The van der Waals surface area contributed by atoms with Crippen LogP contribution in [-0.4, -0.2) is 43.0 Å². The Balaban J connectivity index is 1.89. The maximum atomic E-state index is 12.8. The van der Waals surface area contributed by atoms with Crippen LogP contribution in [0.2, 0.25) is 0 Å². The summed E-state index contributed by atoms with van der Waals surface area (Å²) in [6.07, 6.45) is 1.84. The molecule has 0 radical (unpaired) electrons. The third-order valence-electron chi connectivity index (χ3n) is 4.46. The molecule has 0 fully saturated rings. The first-order valence-electron chi connectivity index (χ1n) is 10.7. The Hall–Kier alpha value is -3.28. The fourth-order valence-corrected chi connectivity index (χ4v) is 3.03. The number of hydrogen-bond acceptors (Lipinski definition) is 4. The molecule has 0 saturated heterocycles. The zero-order valence-electron chi connectivity index (χ0n) is 18.7. The van der Waals surface area contributed by atoms with E-state index >= 15 is 0 Å². The predicted octanol–water partition coefficient (Wildman–Crippen LogP) is 4.95. The summed E-state index contributed by atoms with van der Waals surface area (Å²) in [5, 5.41) is 5.93. The second-order valence-corrected chi connectivity index (χ2v) is 7.54. The summed E-state index contributed by atoms with van der Waals surface area (Å²) in [6.45, 7) is 11.9. The van der Waals surface area contributed by atoms with Crippen LogP contribution >= 0.6 is 0 Å². The van der Waals surface area contributed by atoms with E-state index in [-0.39, 0.29) is 18.4 Å². The number of nitrogens with zero attached hydrogens (tertiary/aromatic N) is 1. The lowest BCUT2D eigenvalue weighted by atomic mass is 10.1. The fraction of sp³-hybridized carbons (Fsp3) is 0.360. The molecule has 0 aliphatic rings. The molecule has 0 unspecified atom stereocenters. The highest BCUT2D eigenvalue weighted by Crippen LogP contribution is 2.17. The smallest absolute Gasteiger partial charge is 0.253 e. The van der Waals surface area contributed by atoms with Crippen molar-refractivity contribution in [1.29, 1.82) is 0 Å². The number of amides is 2. The molecule has 6 heteroatoms. The number of carbonyl (C=O) groups excluding carboxylic acids is 2. The minimum absolute atomic E-state index is 0.0192. The van der Waals surface area contributed by atoms with Crippen molar-refractivity contribution in [3.63, 3.8) is 0 Å². The number of hydrogen-bond donors (Lipinski definition) is 2. The summed E-state index contributed by atoms with van der Waals surface area (Å²) >= 11 is 0. The molecule has 0 atom stereocenters. The number of ether oxygens (including phenoxy) is 1. The molecule has 0 bridgehead atoms. The van der Waals surface area contributed by atoms with Gasteiger partial charge in [-0.2, -0.15) is 0 Å². The van der Waals surface area contributed by atoms with Crippen LogP contribution in [0.5, 0.6) is 5.75 Å². The normalized spacial score (nSPS) is 10.3. The average molecular weight is 424 g/mol. The van der Waals surface area contributed by atoms with Gasteiger partial charge >= 0.3 is 0 Å². The zero-order valence-corrected chi connectivity index (χ0v) is 18.7. The zero-order chi connectivity index (χ0) is 22.6. The second kappa shape index (κ2) is 12.4.